The average molecular weight is 292 g/mol. The lowest BCUT2D eigenvalue weighted by Gasteiger charge is -2.39. The molecule has 4 rings (SSSR count). The van der Waals surface area contributed by atoms with E-state index in [-0.39, 0.29) is 12.3 Å². The van der Waals surface area contributed by atoms with Gasteiger partial charge in [0.05, 0.1) is 11.8 Å². The summed E-state index contributed by atoms with van der Waals surface area (Å²) >= 11 is 0. The van der Waals surface area contributed by atoms with Crippen LogP contribution in [-0.2, 0) is 0 Å². The Morgan fingerprint density at radius 3 is 2.55 bits per heavy atom. The summed E-state index contributed by atoms with van der Waals surface area (Å²) in [7, 11) is 0. The van der Waals surface area contributed by atoms with Gasteiger partial charge in [-0.15, -0.1) is 0 Å². The van der Waals surface area contributed by atoms with Gasteiger partial charge < -0.3 is 4.74 Å². The van der Waals surface area contributed by atoms with Gasteiger partial charge in [-0.2, -0.15) is 5.10 Å². The van der Waals surface area contributed by atoms with Gasteiger partial charge in [-0.05, 0) is 11.6 Å². The summed E-state index contributed by atoms with van der Waals surface area (Å²) in [4.78, 5) is 0. The molecule has 0 bridgehead atoms. The first-order chi connectivity index (χ1) is 10.7. The van der Waals surface area contributed by atoms with E-state index in [9.17, 15) is 0 Å². The lowest BCUT2D eigenvalue weighted by Crippen LogP contribution is -2.43. The minimum Gasteiger partial charge on any atom is -0.468 e. The Labute approximate surface area is 131 Å². The van der Waals surface area contributed by atoms with Crippen LogP contribution in [0.3, 0.4) is 0 Å². The van der Waals surface area contributed by atoms with Crippen LogP contribution in [0, 0.1) is 5.92 Å². The number of nitrogens with zero attached hydrogens (tertiary/aromatic N) is 2. The molecule has 2 heterocycles. The zero-order valence-electron chi connectivity index (χ0n) is 12.9. The third-order valence-corrected chi connectivity index (χ3v) is 4.41. The molecule has 3 nitrogen and oxygen atoms in total. The van der Waals surface area contributed by atoms with Gasteiger partial charge >= 0.3 is 0 Å². The lowest BCUT2D eigenvalue weighted by molar-refractivity contribution is -0.0461. The van der Waals surface area contributed by atoms with Crippen molar-refractivity contribution in [2.75, 3.05) is 0 Å². The van der Waals surface area contributed by atoms with Gasteiger partial charge in [0.2, 0.25) is 0 Å². The van der Waals surface area contributed by atoms with Gasteiger partial charge in [-0.25, -0.2) is 5.01 Å². The van der Waals surface area contributed by atoms with Crippen LogP contribution in [0.5, 0.6) is 5.75 Å². The van der Waals surface area contributed by atoms with Crippen molar-refractivity contribution in [1.82, 2.24) is 5.01 Å². The molecular formula is C19H20N2O. The van der Waals surface area contributed by atoms with Crippen molar-refractivity contribution in [3.8, 4) is 5.75 Å². The highest BCUT2D eigenvalue weighted by atomic mass is 16.5. The molecule has 0 aromatic heterocycles. The van der Waals surface area contributed by atoms with Gasteiger partial charge in [0.25, 0.3) is 0 Å². The van der Waals surface area contributed by atoms with Crippen molar-refractivity contribution in [2.24, 2.45) is 11.0 Å². The Morgan fingerprint density at radius 2 is 1.77 bits per heavy atom. The summed E-state index contributed by atoms with van der Waals surface area (Å²) in [5, 5.41) is 7.07. The molecule has 3 heteroatoms. The highest BCUT2D eigenvalue weighted by Gasteiger charge is 2.41. The Kier molecular flexibility index (Phi) is 3.14. The molecule has 0 amide bonds. The molecule has 0 saturated heterocycles. The van der Waals surface area contributed by atoms with Gasteiger partial charge in [0, 0.05) is 17.9 Å². The van der Waals surface area contributed by atoms with E-state index in [2.05, 4.69) is 61.3 Å². The molecule has 112 valence electrons. The molecule has 0 fully saturated rings. The van der Waals surface area contributed by atoms with Crippen molar-refractivity contribution in [3.63, 3.8) is 0 Å². The van der Waals surface area contributed by atoms with Crippen LogP contribution < -0.4 is 4.74 Å². The Balaban J connectivity index is 1.76. The second-order valence-corrected chi connectivity index (χ2v) is 6.30. The molecule has 0 aliphatic carbocycles. The molecule has 2 aromatic rings. The van der Waals surface area contributed by atoms with E-state index >= 15 is 0 Å². The fraction of sp³-hybridized carbons (Fsp3) is 0.316. The van der Waals surface area contributed by atoms with Crippen molar-refractivity contribution in [3.05, 3.63) is 65.7 Å². The normalized spacial score (nSPS) is 22.9. The van der Waals surface area contributed by atoms with Gasteiger partial charge in [-0.3, -0.25) is 0 Å². The zero-order valence-corrected chi connectivity index (χ0v) is 12.9. The number of rotatable bonds is 2. The van der Waals surface area contributed by atoms with Gasteiger partial charge in [-0.1, -0.05) is 62.4 Å². The van der Waals surface area contributed by atoms with Crippen molar-refractivity contribution < 1.29 is 4.74 Å². The summed E-state index contributed by atoms with van der Waals surface area (Å²) in [6, 6.07) is 19.1. The molecule has 2 aromatic carbocycles. The van der Waals surface area contributed by atoms with E-state index in [4.69, 9.17) is 9.84 Å². The number of hydrogen-bond donors (Lipinski definition) is 0. The highest BCUT2D eigenvalue weighted by molar-refractivity contribution is 6.01. The van der Waals surface area contributed by atoms with E-state index < -0.39 is 0 Å². The maximum absolute atomic E-state index is 6.21. The first kappa shape index (κ1) is 13.4. The maximum Gasteiger partial charge on any atom is 0.190 e. The number of benzene rings is 2. The molecule has 22 heavy (non-hydrogen) atoms. The molecule has 2 aliphatic heterocycles. The van der Waals surface area contributed by atoms with Crippen LogP contribution in [-0.4, -0.2) is 16.9 Å². The van der Waals surface area contributed by atoms with Gasteiger partial charge in [0.15, 0.2) is 6.23 Å². The van der Waals surface area contributed by atoms with Crippen LogP contribution >= 0.6 is 0 Å². The summed E-state index contributed by atoms with van der Waals surface area (Å²) in [5.41, 5.74) is 3.60. The molecule has 0 radical (unpaired) electrons. The first-order valence-corrected chi connectivity index (χ1v) is 7.91. The molecule has 2 atom stereocenters. The van der Waals surface area contributed by atoms with Crippen molar-refractivity contribution in [1.29, 1.82) is 0 Å². The number of ether oxygens (including phenoxy) is 1. The van der Waals surface area contributed by atoms with E-state index in [1.807, 2.05) is 12.1 Å². The molecule has 2 aliphatic rings. The smallest absolute Gasteiger partial charge is 0.190 e. The van der Waals surface area contributed by atoms with E-state index in [1.54, 1.807) is 0 Å². The Hall–Kier alpha value is -2.29. The fourth-order valence-electron chi connectivity index (χ4n) is 3.31. The number of hydrogen-bond acceptors (Lipinski definition) is 3. The van der Waals surface area contributed by atoms with Crippen molar-refractivity contribution in [2.45, 2.75) is 32.5 Å². The Bertz CT molecular complexity index is 708. The van der Waals surface area contributed by atoms with Crippen LogP contribution in [0.2, 0.25) is 0 Å². The summed E-state index contributed by atoms with van der Waals surface area (Å²) < 4.78 is 6.21. The lowest BCUT2D eigenvalue weighted by atomic mass is 9.95. The standard InChI is InChI=1S/C19H20N2O/c1-13(2)19-21-17(15-10-6-7-11-18(15)22-19)12-16(20-21)14-8-4-3-5-9-14/h3-11,13,17,19H,12H2,1-2H3/t17-,19-/m1/s1. The van der Waals surface area contributed by atoms with E-state index in [1.165, 1.54) is 11.1 Å². The van der Waals surface area contributed by atoms with Crippen LogP contribution in [0.25, 0.3) is 0 Å². The number of fused-ring (bicyclic) bond motifs is 3. The van der Waals surface area contributed by atoms with Crippen LogP contribution in [0.4, 0.5) is 0 Å². The Morgan fingerprint density at radius 1 is 1.05 bits per heavy atom. The highest BCUT2D eigenvalue weighted by Crippen LogP contribution is 2.44. The van der Waals surface area contributed by atoms with Crippen molar-refractivity contribution >= 4 is 5.71 Å². The monoisotopic (exact) mass is 292 g/mol. The second-order valence-electron chi connectivity index (χ2n) is 6.30. The van der Waals surface area contributed by atoms with E-state index in [0.717, 1.165) is 17.9 Å². The van der Waals surface area contributed by atoms with Crippen LogP contribution in [0.1, 0.15) is 37.4 Å². The average Bonchev–Trinajstić information content (AvgIpc) is 3.00. The molecule has 0 saturated carbocycles. The number of para-hydroxylation sites is 1. The third kappa shape index (κ3) is 2.08. The third-order valence-electron chi connectivity index (χ3n) is 4.41. The largest absolute Gasteiger partial charge is 0.468 e. The topological polar surface area (TPSA) is 24.8 Å². The minimum absolute atomic E-state index is 0.00103. The summed E-state index contributed by atoms with van der Waals surface area (Å²) in [5.74, 6) is 1.39. The molecule has 0 unspecified atom stereocenters. The summed E-state index contributed by atoms with van der Waals surface area (Å²) in [6.45, 7) is 4.37. The first-order valence-electron chi connectivity index (χ1n) is 7.91. The molecular weight excluding hydrogens is 272 g/mol. The molecule has 0 N–H and O–H groups in total. The second kappa shape index (κ2) is 5.16. The predicted octanol–water partition coefficient (Wildman–Crippen LogP) is 4.21. The zero-order chi connectivity index (χ0) is 15.1. The minimum atomic E-state index is 0.00103. The van der Waals surface area contributed by atoms with E-state index in [0.29, 0.717) is 5.92 Å². The molecule has 0 spiro atoms. The van der Waals surface area contributed by atoms with Gasteiger partial charge in [0.1, 0.15) is 5.75 Å². The number of hydrazone groups is 1. The quantitative estimate of drug-likeness (QED) is 0.828. The predicted molar refractivity (Wildman–Crippen MR) is 87.9 cm³/mol. The SMILES string of the molecule is CC(C)[C@H]1Oc2ccccc2[C@H]2CC(c3ccccc3)=NN21. The fourth-order valence-corrected chi connectivity index (χ4v) is 3.31. The maximum atomic E-state index is 6.21. The van der Waals surface area contributed by atoms with Crippen LogP contribution in [0.15, 0.2) is 59.7 Å². The summed E-state index contributed by atoms with van der Waals surface area (Å²) in [6.07, 6.45) is 0.939.